The number of benzene rings is 1. The number of hydrogen-bond acceptors (Lipinski definition) is 2. The molecule has 0 amide bonds. The first kappa shape index (κ1) is 15.8. The summed E-state index contributed by atoms with van der Waals surface area (Å²) in [5.41, 5.74) is 1.26. The van der Waals surface area contributed by atoms with Crippen molar-refractivity contribution in [3.8, 4) is 0 Å². The van der Waals surface area contributed by atoms with Crippen molar-refractivity contribution in [2.75, 3.05) is 26.2 Å². The van der Waals surface area contributed by atoms with Gasteiger partial charge in [-0.15, -0.1) is 0 Å². The van der Waals surface area contributed by atoms with E-state index in [1.54, 1.807) is 0 Å². The van der Waals surface area contributed by atoms with Gasteiger partial charge in [0, 0.05) is 11.6 Å². The number of piperidine rings is 1. The van der Waals surface area contributed by atoms with Crippen LogP contribution in [0.4, 0.5) is 0 Å². The third-order valence-corrected chi connectivity index (χ3v) is 4.41. The zero-order valence-electron chi connectivity index (χ0n) is 12.7. The van der Waals surface area contributed by atoms with Gasteiger partial charge in [-0.2, -0.15) is 0 Å². The number of rotatable bonds is 6. The van der Waals surface area contributed by atoms with E-state index in [2.05, 4.69) is 36.2 Å². The maximum atomic E-state index is 6.23. The van der Waals surface area contributed by atoms with Gasteiger partial charge >= 0.3 is 0 Å². The van der Waals surface area contributed by atoms with Crippen molar-refractivity contribution in [2.45, 2.75) is 33.2 Å². The highest BCUT2D eigenvalue weighted by Crippen LogP contribution is 2.21. The minimum Gasteiger partial charge on any atom is -0.316 e. The van der Waals surface area contributed by atoms with Crippen LogP contribution >= 0.6 is 11.6 Å². The van der Waals surface area contributed by atoms with Gasteiger partial charge in [0.1, 0.15) is 0 Å². The lowest BCUT2D eigenvalue weighted by molar-refractivity contribution is 0.175. The van der Waals surface area contributed by atoms with Crippen molar-refractivity contribution in [1.82, 2.24) is 10.2 Å². The van der Waals surface area contributed by atoms with Crippen LogP contribution in [0.2, 0.25) is 5.02 Å². The number of nitrogens with one attached hydrogen (secondary N) is 1. The summed E-state index contributed by atoms with van der Waals surface area (Å²) in [6.07, 6.45) is 2.60. The molecule has 0 radical (unpaired) electrons. The molecule has 1 aromatic rings. The zero-order chi connectivity index (χ0) is 14.4. The number of nitrogens with zero attached hydrogens (tertiary/aromatic N) is 1. The third kappa shape index (κ3) is 5.08. The standard InChI is InChI=1S/C17H27ClN2/c1-14(2)11-19-12-15-7-9-20(10-8-15)13-16-5-3-4-6-17(16)18/h3-6,14-15,19H,7-13H2,1-2H3. The molecule has 1 heterocycles. The van der Waals surface area contributed by atoms with Crippen LogP contribution in [0.1, 0.15) is 32.3 Å². The van der Waals surface area contributed by atoms with Crippen molar-refractivity contribution in [2.24, 2.45) is 11.8 Å². The fraction of sp³-hybridized carbons (Fsp3) is 0.647. The lowest BCUT2D eigenvalue weighted by atomic mass is 9.96. The first-order valence-electron chi connectivity index (χ1n) is 7.81. The highest BCUT2D eigenvalue weighted by Gasteiger charge is 2.19. The quantitative estimate of drug-likeness (QED) is 0.858. The van der Waals surface area contributed by atoms with Gasteiger partial charge in [-0.05, 0) is 62.5 Å². The van der Waals surface area contributed by atoms with Crippen LogP contribution in [0.25, 0.3) is 0 Å². The summed E-state index contributed by atoms with van der Waals surface area (Å²) in [5, 5.41) is 4.49. The molecule has 0 aliphatic carbocycles. The minimum atomic E-state index is 0.746. The second-order valence-electron chi connectivity index (χ2n) is 6.36. The Morgan fingerprint density at radius 2 is 1.95 bits per heavy atom. The second kappa shape index (κ2) is 8.02. The van der Waals surface area contributed by atoms with Crippen molar-refractivity contribution in [3.05, 3.63) is 34.9 Å². The average molecular weight is 295 g/mol. The van der Waals surface area contributed by atoms with Crippen LogP contribution in [0, 0.1) is 11.8 Å². The molecule has 2 nitrogen and oxygen atoms in total. The SMILES string of the molecule is CC(C)CNCC1CCN(Cc2ccccc2Cl)CC1. The Labute approximate surface area is 128 Å². The summed E-state index contributed by atoms with van der Waals surface area (Å²) in [4.78, 5) is 2.53. The van der Waals surface area contributed by atoms with E-state index in [9.17, 15) is 0 Å². The fourth-order valence-corrected chi connectivity index (χ4v) is 2.99. The van der Waals surface area contributed by atoms with Crippen molar-refractivity contribution >= 4 is 11.6 Å². The molecule has 1 aliphatic heterocycles. The second-order valence-corrected chi connectivity index (χ2v) is 6.77. The predicted molar refractivity (Wildman–Crippen MR) is 87.2 cm³/mol. The van der Waals surface area contributed by atoms with Crippen molar-refractivity contribution < 1.29 is 0 Å². The lowest BCUT2D eigenvalue weighted by Crippen LogP contribution is -2.37. The first-order valence-corrected chi connectivity index (χ1v) is 8.19. The van der Waals surface area contributed by atoms with Gasteiger partial charge in [-0.1, -0.05) is 43.6 Å². The molecule has 3 heteroatoms. The summed E-state index contributed by atoms with van der Waals surface area (Å²) < 4.78 is 0. The van der Waals surface area contributed by atoms with Gasteiger partial charge in [-0.3, -0.25) is 4.90 Å². The maximum absolute atomic E-state index is 6.23. The zero-order valence-corrected chi connectivity index (χ0v) is 13.5. The number of likely N-dealkylation sites (tertiary alicyclic amines) is 1. The summed E-state index contributed by atoms with van der Waals surface area (Å²) in [6.45, 7) is 10.2. The molecule has 1 N–H and O–H groups in total. The van der Waals surface area contributed by atoms with Crippen LogP contribution in [0.15, 0.2) is 24.3 Å². The van der Waals surface area contributed by atoms with E-state index in [1.165, 1.54) is 38.0 Å². The molecule has 20 heavy (non-hydrogen) atoms. The lowest BCUT2D eigenvalue weighted by Gasteiger charge is -2.32. The third-order valence-electron chi connectivity index (χ3n) is 4.04. The normalized spacial score (nSPS) is 17.8. The Morgan fingerprint density at radius 3 is 2.60 bits per heavy atom. The Morgan fingerprint density at radius 1 is 1.25 bits per heavy atom. The predicted octanol–water partition coefficient (Wildman–Crippen LogP) is 3.80. The molecule has 0 unspecified atom stereocenters. The molecule has 1 aliphatic rings. The van der Waals surface area contributed by atoms with Gasteiger partial charge in [0.05, 0.1) is 0 Å². The maximum Gasteiger partial charge on any atom is 0.0451 e. The summed E-state index contributed by atoms with van der Waals surface area (Å²) in [6, 6.07) is 8.19. The molecule has 0 saturated carbocycles. The topological polar surface area (TPSA) is 15.3 Å². The largest absolute Gasteiger partial charge is 0.316 e. The molecular weight excluding hydrogens is 268 g/mol. The van der Waals surface area contributed by atoms with Gasteiger partial charge in [-0.25, -0.2) is 0 Å². The molecule has 1 saturated heterocycles. The van der Waals surface area contributed by atoms with Gasteiger partial charge in [0.2, 0.25) is 0 Å². The van der Waals surface area contributed by atoms with E-state index in [0.29, 0.717) is 0 Å². The molecule has 0 spiro atoms. The Balaban J connectivity index is 1.70. The molecular formula is C17H27ClN2. The van der Waals surface area contributed by atoms with E-state index >= 15 is 0 Å². The van der Waals surface area contributed by atoms with Crippen LogP contribution in [0.3, 0.4) is 0 Å². The number of hydrogen-bond donors (Lipinski definition) is 1. The highest BCUT2D eigenvalue weighted by atomic mass is 35.5. The number of halogens is 1. The van der Waals surface area contributed by atoms with E-state index in [0.717, 1.165) is 29.9 Å². The molecule has 2 rings (SSSR count). The Kier molecular flexibility index (Phi) is 6.34. The average Bonchev–Trinajstić information content (AvgIpc) is 2.43. The van der Waals surface area contributed by atoms with Crippen LogP contribution in [-0.4, -0.2) is 31.1 Å². The minimum absolute atomic E-state index is 0.746. The van der Waals surface area contributed by atoms with Gasteiger partial charge in [0.15, 0.2) is 0 Å². The molecule has 0 atom stereocenters. The van der Waals surface area contributed by atoms with Crippen LogP contribution in [0.5, 0.6) is 0 Å². The first-order chi connectivity index (χ1) is 9.65. The fourth-order valence-electron chi connectivity index (χ4n) is 2.79. The van der Waals surface area contributed by atoms with Crippen molar-refractivity contribution in [3.63, 3.8) is 0 Å². The van der Waals surface area contributed by atoms with Crippen LogP contribution < -0.4 is 5.32 Å². The van der Waals surface area contributed by atoms with Crippen molar-refractivity contribution in [1.29, 1.82) is 0 Å². The van der Waals surface area contributed by atoms with E-state index in [4.69, 9.17) is 11.6 Å². The molecule has 0 aromatic heterocycles. The summed E-state index contributed by atoms with van der Waals surface area (Å²) in [7, 11) is 0. The van der Waals surface area contributed by atoms with E-state index in [1.807, 2.05) is 12.1 Å². The smallest absolute Gasteiger partial charge is 0.0451 e. The van der Waals surface area contributed by atoms with E-state index < -0.39 is 0 Å². The van der Waals surface area contributed by atoms with E-state index in [-0.39, 0.29) is 0 Å². The summed E-state index contributed by atoms with van der Waals surface area (Å²) in [5.74, 6) is 1.59. The molecule has 1 aromatic carbocycles. The van der Waals surface area contributed by atoms with Gasteiger partial charge < -0.3 is 5.32 Å². The molecule has 0 bridgehead atoms. The highest BCUT2D eigenvalue weighted by molar-refractivity contribution is 6.31. The Hall–Kier alpha value is -0.570. The molecule has 1 fully saturated rings. The monoisotopic (exact) mass is 294 g/mol. The van der Waals surface area contributed by atoms with Gasteiger partial charge in [0.25, 0.3) is 0 Å². The molecule has 112 valence electrons. The Bertz CT molecular complexity index is 398. The summed E-state index contributed by atoms with van der Waals surface area (Å²) >= 11 is 6.23. The van der Waals surface area contributed by atoms with Crippen LogP contribution in [-0.2, 0) is 6.54 Å².